The fourth-order valence-electron chi connectivity index (χ4n) is 3.97. The summed E-state index contributed by atoms with van der Waals surface area (Å²) in [5, 5.41) is 0. The number of allylic oxidation sites excluding steroid dienone is 1. The minimum absolute atomic E-state index is 0.260. The molecule has 5 heteroatoms. The highest BCUT2D eigenvalue weighted by Gasteiger charge is 2.40. The van der Waals surface area contributed by atoms with Crippen LogP contribution in [0.4, 0.5) is 4.39 Å². The zero-order chi connectivity index (χ0) is 23.6. The summed E-state index contributed by atoms with van der Waals surface area (Å²) in [6, 6.07) is 29.8. The topological polar surface area (TPSA) is 36.9 Å². The molecule has 1 saturated heterocycles. The van der Waals surface area contributed by atoms with Crippen LogP contribution in [0.2, 0.25) is 0 Å². The van der Waals surface area contributed by atoms with Gasteiger partial charge in [0.15, 0.2) is 6.10 Å². The molecular weight excluding hydrogens is 431 g/mol. The number of halogens is 1. The van der Waals surface area contributed by atoms with Crippen molar-refractivity contribution in [3.8, 4) is 0 Å². The van der Waals surface area contributed by atoms with Crippen LogP contribution in [0.3, 0.4) is 0 Å². The highest BCUT2D eigenvalue weighted by atomic mass is 19.1. The normalized spacial score (nSPS) is 21.6. The van der Waals surface area contributed by atoms with Gasteiger partial charge in [-0.1, -0.05) is 91.0 Å². The standard InChI is InChI=1S/C29H31FO4/c1-22(30)26-17-27(32-19-24-13-7-3-8-14-24)29(33-20-25-15-9-4-10-16-25)28(34-26)21-31-18-23-11-5-2-6-12-23/h2-16,27-29H,17-21H2,1H3/b26-22+/t27-,28-,29+/m1/s1. The molecule has 3 atom stereocenters. The molecule has 1 heterocycles. The predicted octanol–water partition coefficient (Wildman–Crippen LogP) is 6.36. The third-order valence-electron chi connectivity index (χ3n) is 5.78. The van der Waals surface area contributed by atoms with Gasteiger partial charge in [-0.05, 0) is 23.6 Å². The highest BCUT2D eigenvalue weighted by Crippen LogP contribution is 2.31. The Morgan fingerprint density at radius 3 is 1.79 bits per heavy atom. The Hall–Kier alpha value is -2.99. The molecule has 4 rings (SSSR count). The van der Waals surface area contributed by atoms with E-state index in [-0.39, 0.29) is 18.5 Å². The second-order valence-corrected chi connectivity index (χ2v) is 8.41. The van der Waals surface area contributed by atoms with Crippen LogP contribution in [-0.4, -0.2) is 24.9 Å². The largest absolute Gasteiger partial charge is 0.487 e. The van der Waals surface area contributed by atoms with Crippen molar-refractivity contribution in [3.63, 3.8) is 0 Å². The van der Waals surface area contributed by atoms with E-state index in [4.69, 9.17) is 18.9 Å². The molecule has 0 radical (unpaired) electrons. The molecule has 0 amide bonds. The van der Waals surface area contributed by atoms with Crippen molar-refractivity contribution in [1.29, 1.82) is 0 Å². The summed E-state index contributed by atoms with van der Waals surface area (Å²) in [6.07, 6.45) is -0.974. The van der Waals surface area contributed by atoms with Crippen LogP contribution in [0.1, 0.15) is 30.0 Å². The number of hydrogen-bond donors (Lipinski definition) is 0. The van der Waals surface area contributed by atoms with Crippen molar-refractivity contribution in [2.45, 2.75) is 51.5 Å². The second-order valence-electron chi connectivity index (χ2n) is 8.41. The van der Waals surface area contributed by atoms with E-state index < -0.39 is 12.2 Å². The first-order valence-electron chi connectivity index (χ1n) is 11.6. The van der Waals surface area contributed by atoms with E-state index in [1.807, 2.05) is 91.0 Å². The molecule has 0 aliphatic carbocycles. The Morgan fingerprint density at radius 1 is 0.765 bits per heavy atom. The fourth-order valence-corrected chi connectivity index (χ4v) is 3.97. The van der Waals surface area contributed by atoms with Gasteiger partial charge in [-0.15, -0.1) is 0 Å². The van der Waals surface area contributed by atoms with Crippen LogP contribution < -0.4 is 0 Å². The van der Waals surface area contributed by atoms with Gasteiger partial charge in [0.25, 0.3) is 0 Å². The van der Waals surface area contributed by atoms with Crippen molar-refractivity contribution in [3.05, 3.63) is 119 Å². The van der Waals surface area contributed by atoms with Gasteiger partial charge < -0.3 is 18.9 Å². The predicted molar refractivity (Wildman–Crippen MR) is 129 cm³/mol. The highest BCUT2D eigenvalue weighted by molar-refractivity contribution is 5.16. The van der Waals surface area contributed by atoms with Crippen LogP contribution in [0.5, 0.6) is 0 Å². The molecule has 0 unspecified atom stereocenters. The average molecular weight is 463 g/mol. The molecule has 0 bridgehead atoms. The lowest BCUT2D eigenvalue weighted by molar-refractivity contribution is -0.179. The van der Waals surface area contributed by atoms with E-state index >= 15 is 0 Å². The van der Waals surface area contributed by atoms with Crippen molar-refractivity contribution in [2.24, 2.45) is 0 Å². The number of ether oxygens (including phenoxy) is 4. The molecule has 34 heavy (non-hydrogen) atoms. The van der Waals surface area contributed by atoms with E-state index in [1.165, 1.54) is 6.92 Å². The summed E-state index contributed by atoms with van der Waals surface area (Å²) < 4.78 is 38.9. The monoisotopic (exact) mass is 462 g/mol. The summed E-state index contributed by atoms with van der Waals surface area (Å²) in [7, 11) is 0. The second kappa shape index (κ2) is 12.5. The van der Waals surface area contributed by atoms with E-state index in [9.17, 15) is 4.39 Å². The molecule has 0 aromatic heterocycles. The van der Waals surface area contributed by atoms with E-state index in [2.05, 4.69) is 0 Å². The maximum atomic E-state index is 14.3. The Morgan fingerprint density at radius 2 is 1.26 bits per heavy atom. The maximum absolute atomic E-state index is 14.3. The van der Waals surface area contributed by atoms with Crippen molar-refractivity contribution < 1.29 is 23.3 Å². The van der Waals surface area contributed by atoms with Crippen LogP contribution in [0.15, 0.2) is 103 Å². The molecule has 1 aliphatic rings. The SMILES string of the molecule is C/C(F)=C1/C[C@@H](OCc2ccccc2)[C@H](OCc2ccccc2)[C@@H](COCc2ccccc2)O1. The van der Waals surface area contributed by atoms with Gasteiger partial charge in [-0.25, -0.2) is 4.39 Å². The average Bonchev–Trinajstić information content (AvgIpc) is 2.88. The van der Waals surface area contributed by atoms with Gasteiger partial charge in [0, 0.05) is 6.42 Å². The minimum atomic E-state index is -0.498. The molecule has 178 valence electrons. The Labute approximate surface area is 200 Å². The zero-order valence-electron chi connectivity index (χ0n) is 19.4. The first-order valence-corrected chi connectivity index (χ1v) is 11.6. The molecule has 0 spiro atoms. The Balaban J connectivity index is 1.49. The molecule has 0 N–H and O–H groups in total. The summed E-state index contributed by atoms with van der Waals surface area (Å²) in [5.74, 6) is -0.0474. The Kier molecular flexibility index (Phi) is 8.85. The molecule has 3 aromatic carbocycles. The Bertz CT molecular complexity index is 1020. The lowest BCUT2D eigenvalue weighted by Crippen LogP contribution is -2.49. The molecule has 4 nitrogen and oxygen atoms in total. The third-order valence-corrected chi connectivity index (χ3v) is 5.78. The third kappa shape index (κ3) is 7.00. The number of rotatable bonds is 10. The van der Waals surface area contributed by atoms with Crippen molar-refractivity contribution >= 4 is 0 Å². The first-order chi connectivity index (χ1) is 16.7. The van der Waals surface area contributed by atoms with Gasteiger partial charge >= 0.3 is 0 Å². The van der Waals surface area contributed by atoms with Gasteiger partial charge in [0.05, 0.1) is 32.5 Å². The van der Waals surface area contributed by atoms with Gasteiger partial charge in [-0.2, -0.15) is 0 Å². The van der Waals surface area contributed by atoms with E-state index in [0.717, 1.165) is 16.7 Å². The van der Waals surface area contributed by atoms with Crippen molar-refractivity contribution in [2.75, 3.05) is 6.61 Å². The fraction of sp³-hybridized carbons (Fsp3) is 0.310. The van der Waals surface area contributed by atoms with Crippen molar-refractivity contribution in [1.82, 2.24) is 0 Å². The summed E-state index contributed by atoms with van der Waals surface area (Å²) in [5.41, 5.74) is 3.17. The smallest absolute Gasteiger partial charge is 0.150 e. The molecular formula is C29H31FO4. The summed E-state index contributed by atoms with van der Waals surface area (Å²) >= 11 is 0. The number of benzene rings is 3. The lowest BCUT2D eigenvalue weighted by Gasteiger charge is -2.39. The van der Waals surface area contributed by atoms with Crippen LogP contribution in [0, 0.1) is 0 Å². The molecule has 3 aromatic rings. The summed E-state index contributed by atoms with van der Waals surface area (Å²) in [6.45, 7) is 2.93. The first kappa shape index (κ1) is 24.1. The molecule has 1 fully saturated rings. The van der Waals surface area contributed by atoms with Crippen LogP contribution in [-0.2, 0) is 38.8 Å². The van der Waals surface area contributed by atoms with Gasteiger partial charge in [0.2, 0.25) is 0 Å². The molecule has 0 saturated carbocycles. The van der Waals surface area contributed by atoms with E-state index in [0.29, 0.717) is 32.0 Å². The zero-order valence-corrected chi connectivity index (χ0v) is 19.4. The summed E-state index contributed by atoms with van der Waals surface area (Å²) in [4.78, 5) is 0. The quantitative estimate of drug-likeness (QED) is 0.351. The number of hydrogen-bond acceptors (Lipinski definition) is 4. The lowest BCUT2D eigenvalue weighted by atomic mass is 9.99. The van der Waals surface area contributed by atoms with Gasteiger partial charge in [-0.3, -0.25) is 0 Å². The van der Waals surface area contributed by atoms with Gasteiger partial charge in [0.1, 0.15) is 17.7 Å². The van der Waals surface area contributed by atoms with E-state index in [1.54, 1.807) is 0 Å². The van der Waals surface area contributed by atoms with Crippen LogP contribution in [0.25, 0.3) is 0 Å². The van der Waals surface area contributed by atoms with Crippen LogP contribution >= 0.6 is 0 Å². The minimum Gasteiger partial charge on any atom is -0.487 e. The maximum Gasteiger partial charge on any atom is 0.150 e. The molecule has 1 aliphatic heterocycles.